The highest BCUT2D eigenvalue weighted by Crippen LogP contribution is 2.45. The molecule has 0 atom stereocenters. The van der Waals surface area contributed by atoms with Crippen molar-refractivity contribution in [2.24, 2.45) is 0 Å². The Morgan fingerprint density at radius 1 is 1.10 bits per heavy atom. The molecule has 0 aliphatic carbocycles. The Labute approximate surface area is 171 Å². The highest BCUT2D eigenvalue weighted by Gasteiger charge is 2.38. The molecule has 0 fully saturated rings. The summed E-state index contributed by atoms with van der Waals surface area (Å²) in [7, 11) is 0. The molecule has 1 aliphatic heterocycles. The number of benzene rings is 2. The summed E-state index contributed by atoms with van der Waals surface area (Å²) in [5.74, 6) is -0.673. The van der Waals surface area contributed by atoms with Gasteiger partial charge in [-0.05, 0) is 51.0 Å². The molecule has 150 valence electrons. The lowest BCUT2D eigenvalue weighted by molar-refractivity contribution is 0.488. The van der Waals surface area contributed by atoms with Crippen LogP contribution in [0.15, 0.2) is 24.4 Å². The molecule has 0 spiro atoms. The van der Waals surface area contributed by atoms with Crippen LogP contribution in [0.5, 0.6) is 0 Å². The number of nitrogens with one attached hydrogen (secondary N) is 2. The van der Waals surface area contributed by atoms with Crippen LogP contribution in [0.3, 0.4) is 0 Å². The SMILES string of the molecule is Cc1c(-c2ccc(C#N)c3[nH]ccc23)c(F)c(F)c2c1-n1c(C)nnc1C(C)(C)N2. The lowest BCUT2D eigenvalue weighted by atomic mass is 9.91. The number of hydrogen-bond acceptors (Lipinski definition) is 4. The van der Waals surface area contributed by atoms with Crippen molar-refractivity contribution in [1.82, 2.24) is 19.7 Å². The van der Waals surface area contributed by atoms with E-state index in [1.165, 1.54) is 0 Å². The average molecular weight is 404 g/mol. The summed E-state index contributed by atoms with van der Waals surface area (Å²) in [6, 6.07) is 7.16. The van der Waals surface area contributed by atoms with E-state index in [4.69, 9.17) is 0 Å². The molecule has 0 radical (unpaired) electrons. The molecule has 2 aromatic carbocycles. The molecule has 30 heavy (non-hydrogen) atoms. The van der Waals surface area contributed by atoms with Gasteiger partial charge in [-0.2, -0.15) is 5.26 Å². The standard InChI is InChI=1S/C22H18F2N6/c1-10-15(13-6-5-12(9-25)18-14(13)7-8-26-18)16(23)17(24)19-20(10)30-11(2)28-29-21(30)22(3,4)27-19/h5-8,26-27H,1-4H3. The number of fused-ring (bicyclic) bond motifs is 4. The molecular weight excluding hydrogens is 386 g/mol. The van der Waals surface area contributed by atoms with Crippen LogP contribution >= 0.6 is 0 Å². The average Bonchev–Trinajstić information content (AvgIpc) is 3.34. The maximum absolute atomic E-state index is 15.5. The van der Waals surface area contributed by atoms with Crippen LogP contribution in [0.25, 0.3) is 27.7 Å². The van der Waals surface area contributed by atoms with Crippen LogP contribution in [0.1, 0.15) is 36.6 Å². The Balaban J connectivity index is 1.90. The summed E-state index contributed by atoms with van der Waals surface area (Å²) in [6.07, 6.45) is 1.68. The Morgan fingerprint density at radius 2 is 1.87 bits per heavy atom. The van der Waals surface area contributed by atoms with Crippen molar-refractivity contribution in [3.8, 4) is 22.9 Å². The third kappa shape index (κ3) is 2.20. The fourth-order valence-corrected chi connectivity index (χ4v) is 4.38. The van der Waals surface area contributed by atoms with Gasteiger partial charge >= 0.3 is 0 Å². The predicted octanol–water partition coefficient (Wildman–Crippen LogP) is 4.84. The molecule has 0 unspecified atom stereocenters. The second-order valence-electron chi connectivity index (χ2n) is 8.05. The fourth-order valence-electron chi connectivity index (χ4n) is 4.38. The van der Waals surface area contributed by atoms with Crippen molar-refractivity contribution in [2.75, 3.05) is 5.32 Å². The molecule has 6 nitrogen and oxygen atoms in total. The highest BCUT2D eigenvalue weighted by atomic mass is 19.2. The van der Waals surface area contributed by atoms with Gasteiger partial charge in [0, 0.05) is 17.1 Å². The number of aryl methyl sites for hydroxylation is 1. The molecule has 3 heterocycles. The Morgan fingerprint density at radius 3 is 2.60 bits per heavy atom. The number of H-pyrrole nitrogens is 1. The first-order valence-corrected chi connectivity index (χ1v) is 9.49. The van der Waals surface area contributed by atoms with Crippen LogP contribution in [0.4, 0.5) is 14.5 Å². The minimum Gasteiger partial charge on any atom is -0.369 e. The largest absolute Gasteiger partial charge is 0.369 e. The Hall–Kier alpha value is -3.73. The van der Waals surface area contributed by atoms with Gasteiger partial charge in [-0.25, -0.2) is 8.78 Å². The molecule has 1 aliphatic rings. The molecule has 4 aromatic rings. The third-order valence-corrected chi connectivity index (χ3v) is 5.76. The second kappa shape index (κ2) is 5.89. The minimum absolute atomic E-state index is 0.0908. The first-order valence-electron chi connectivity index (χ1n) is 9.49. The number of aromatic amines is 1. The fraction of sp³-hybridized carbons (Fsp3) is 0.227. The van der Waals surface area contributed by atoms with E-state index in [-0.39, 0.29) is 11.3 Å². The zero-order valence-corrected chi connectivity index (χ0v) is 16.9. The summed E-state index contributed by atoms with van der Waals surface area (Å²) in [5.41, 5.74) is 2.12. The van der Waals surface area contributed by atoms with Gasteiger partial charge in [0.15, 0.2) is 17.5 Å². The lowest BCUT2D eigenvalue weighted by Gasteiger charge is -2.35. The van der Waals surface area contributed by atoms with Crippen LogP contribution in [-0.4, -0.2) is 19.7 Å². The first-order chi connectivity index (χ1) is 14.3. The molecule has 0 amide bonds. The van der Waals surface area contributed by atoms with E-state index < -0.39 is 17.2 Å². The first kappa shape index (κ1) is 18.3. The van der Waals surface area contributed by atoms with Crippen LogP contribution in [-0.2, 0) is 5.54 Å². The maximum atomic E-state index is 15.5. The molecule has 2 aromatic heterocycles. The number of nitriles is 1. The summed E-state index contributed by atoms with van der Waals surface area (Å²) < 4.78 is 32.7. The summed E-state index contributed by atoms with van der Waals surface area (Å²) in [6.45, 7) is 7.24. The minimum atomic E-state index is -0.953. The van der Waals surface area contributed by atoms with Crippen molar-refractivity contribution < 1.29 is 8.78 Å². The Bertz CT molecular complexity index is 1400. The molecule has 2 N–H and O–H groups in total. The highest BCUT2D eigenvalue weighted by molar-refractivity contribution is 6.00. The lowest BCUT2D eigenvalue weighted by Crippen LogP contribution is -2.37. The van der Waals surface area contributed by atoms with E-state index >= 15 is 8.78 Å². The predicted molar refractivity (Wildman–Crippen MR) is 109 cm³/mol. The third-order valence-electron chi connectivity index (χ3n) is 5.76. The van der Waals surface area contributed by atoms with Gasteiger partial charge in [0.2, 0.25) is 0 Å². The zero-order chi connectivity index (χ0) is 21.4. The van der Waals surface area contributed by atoms with E-state index in [0.29, 0.717) is 44.9 Å². The molecule has 0 saturated heterocycles. The molecule has 0 saturated carbocycles. The quantitative estimate of drug-likeness (QED) is 0.475. The molecule has 8 heteroatoms. The van der Waals surface area contributed by atoms with Gasteiger partial charge in [0.25, 0.3) is 0 Å². The van der Waals surface area contributed by atoms with E-state index in [9.17, 15) is 5.26 Å². The van der Waals surface area contributed by atoms with Gasteiger partial charge in [-0.3, -0.25) is 4.57 Å². The number of rotatable bonds is 1. The van der Waals surface area contributed by atoms with Gasteiger partial charge in [0.1, 0.15) is 11.9 Å². The Kier molecular flexibility index (Phi) is 3.59. The molecule has 5 rings (SSSR count). The number of aromatic nitrogens is 4. The van der Waals surface area contributed by atoms with Crippen molar-refractivity contribution in [3.05, 3.63) is 58.8 Å². The van der Waals surface area contributed by atoms with Crippen molar-refractivity contribution in [2.45, 2.75) is 33.2 Å². The number of hydrogen-bond donors (Lipinski definition) is 2. The van der Waals surface area contributed by atoms with E-state index in [1.807, 2.05) is 13.8 Å². The van der Waals surface area contributed by atoms with Crippen LogP contribution in [0.2, 0.25) is 0 Å². The number of anilines is 1. The van der Waals surface area contributed by atoms with Crippen molar-refractivity contribution >= 4 is 16.6 Å². The van der Waals surface area contributed by atoms with Gasteiger partial charge < -0.3 is 10.3 Å². The maximum Gasteiger partial charge on any atom is 0.184 e. The van der Waals surface area contributed by atoms with Crippen molar-refractivity contribution in [3.63, 3.8) is 0 Å². The monoisotopic (exact) mass is 404 g/mol. The van der Waals surface area contributed by atoms with Crippen LogP contribution < -0.4 is 5.32 Å². The number of halogens is 2. The summed E-state index contributed by atoms with van der Waals surface area (Å²) in [4.78, 5) is 3.02. The molecule has 0 bridgehead atoms. The van der Waals surface area contributed by atoms with Crippen molar-refractivity contribution in [1.29, 1.82) is 5.26 Å². The van der Waals surface area contributed by atoms with E-state index in [0.717, 1.165) is 0 Å². The summed E-state index contributed by atoms with van der Waals surface area (Å²) in [5, 5.41) is 21.5. The zero-order valence-electron chi connectivity index (χ0n) is 16.9. The van der Waals surface area contributed by atoms with Gasteiger partial charge in [-0.15, -0.1) is 10.2 Å². The van der Waals surface area contributed by atoms with Crippen LogP contribution in [0, 0.1) is 36.8 Å². The van der Waals surface area contributed by atoms with E-state index in [1.54, 1.807) is 42.8 Å². The van der Waals surface area contributed by atoms with Gasteiger partial charge in [-0.1, -0.05) is 6.07 Å². The molecular formula is C22H18F2N6. The van der Waals surface area contributed by atoms with Gasteiger partial charge in [0.05, 0.1) is 28.0 Å². The summed E-state index contributed by atoms with van der Waals surface area (Å²) >= 11 is 0. The van der Waals surface area contributed by atoms with E-state index in [2.05, 4.69) is 26.6 Å². The smallest absolute Gasteiger partial charge is 0.184 e. The number of nitrogens with zero attached hydrogens (tertiary/aromatic N) is 4. The second-order valence-corrected chi connectivity index (χ2v) is 8.05. The normalized spacial score (nSPS) is 14.2. The topological polar surface area (TPSA) is 82.3 Å².